The van der Waals surface area contributed by atoms with Gasteiger partial charge in [0.15, 0.2) is 0 Å². The Morgan fingerprint density at radius 3 is 2.18 bits per heavy atom. The van der Waals surface area contributed by atoms with Gasteiger partial charge in [-0.15, -0.1) is 0 Å². The highest BCUT2D eigenvalue weighted by Crippen LogP contribution is 2.15. The van der Waals surface area contributed by atoms with Crippen molar-refractivity contribution in [2.45, 2.75) is 6.42 Å². The highest BCUT2D eigenvalue weighted by Gasteiger charge is 2.17. The molecule has 1 saturated heterocycles. The van der Waals surface area contributed by atoms with Crippen molar-refractivity contribution in [1.29, 1.82) is 0 Å². The Kier molecular flexibility index (Phi) is 7.21. The van der Waals surface area contributed by atoms with Crippen molar-refractivity contribution in [1.82, 2.24) is 15.8 Å². The minimum absolute atomic E-state index is 0.188. The first kappa shape index (κ1) is 19.6. The Labute approximate surface area is 165 Å². The molecule has 0 bridgehead atoms. The van der Waals surface area contributed by atoms with E-state index in [0.29, 0.717) is 13.0 Å². The number of rotatable bonds is 6. The summed E-state index contributed by atoms with van der Waals surface area (Å²) in [6.45, 7) is 4.44. The molecule has 2 aromatic carbocycles. The van der Waals surface area contributed by atoms with E-state index in [1.54, 1.807) is 6.08 Å². The zero-order chi connectivity index (χ0) is 19.6. The monoisotopic (exact) mass is 378 g/mol. The molecule has 2 aromatic rings. The van der Waals surface area contributed by atoms with Crippen LogP contribution in [-0.4, -0.2) is 49.4 Å². The van der Waals surface area contributed by atoms with Crippen molar-refractivity contribution >= 4 is 23.6 Å². The smallest absolute Gasteiger partial charge is 0.262 e. The molecule has 1 aliphatic heterocycles. The lowest BCUT2D eigenvalue weighted by Crippen LogP contribution is -2.48. The number of benzene rings is 2. The Balaban J connectivity index is 1.31. The summed E-state index contributed by atoms with van der Waals surface area (Å²) in [5.74, 6) is -0.541. The second kappa shape index (κ2) is 10.3. The summed E-state index contributed by atoms with van der Waals surface area (Å²) in [5.41, 5.74) is 7.05. The van der Waals surface area contributed by atoms with Crippen LogP contribution < -0.4 is 15.8 Å². The number of anilines is 1. The van der Waals surface area contributed by atoms with Crippen LogP contribution >= 0.6 is 0 Å². The van der Waals surface area contributed by atoms with Crippen LogP contribution in [0.1, 0.15) is 12.0 Å². The number of nitrogens with zero attached hydrogens (tertiary/aromatic N) is 2. The molecule has 146 valence electrons. The van der Waals surface area contributed by atoms with Crippen LogP contribution in [0.5, 0.6) is 0 Å². The number of hydrazine groups is 1. The number of hydrogen-bond acceptors (Lipinski definition) is 4. The number of carbonyl (C=O) groups excluding carboxylic acids is 2. The summed E-state index contributed by atoms with van der Waals surface area (Å²) in [6.07, 6.45) is 3.46. The van der Waals surface area contributed by atoms with Gasteiger partial charge in [-0.3, -0.25) is 25.3 Å². The number of para-hydroxylation sites is 1. The first-order chi connectivity index (χ1) is 13.7. The van der Waals surface area contributed by atoms with Gasteiger partial charge in [0.25, 0.3) is 5.91 Å². The molecule has 1 aliphatic rings. The second-order valence-corrected chi connectivity index (χ2v) is 6.70. The van der Waals surface area contributed by atoms with E-state index in [2.05, 4.69) is 44.9 Å². The summed E-state index contributed by atoms with van der Waals surface area (Å²) < 4.78 is 0. The molecule has 0 aliphatic carbocycles. The molecule has 0 saturated carbocycles. The molecular formula is C22H26N4O2. The average molecular weight is 378 g/mol. The highest BCUT2D eigenvalue weighted by molar-refractivity contribution is 5.93. The van der Waals surface area contributed by atoms with Gasteiger partial charge in [-0.25, -0.2) is 0 Å². The summed E-state index contributed by atoms with van der Waals surface area (Å²) in [7, 11) is 0. The SMILES string of the molecule is O=C(/C=C/c1ccccc1)NNC(=O)CCN1CCN(c2ccccc2)CC1. The Bertz CT molecular complexity index is 785. The van der Waals surface area contributed by atoms with E-state index in [4.69, 9.17) is 0 Å². The molecule has 2 N–H and O–H groups in total. The van der Waals surface area contributed by atoms with Gasteiger partial charge < -0.3 is 4.90 Å². The van der Waals surface area contributed by atoms with Gasteiger partial charge in [0.2, 0.25) is 5.91 Å². The van der Waals surface area contributed by atoms with Crippen molar-refractivity contribution in [3.8, 4) is 0 Å². The minimum atomic E-state index is -0.353. The van der Waals surface area contributed by atoms with Gasteiger partial charge in [-0.05, 0) is 23.8 Å². The molecular weight excluding hydrogens is 352 g/mol. The van der Waals surface area contributed by atoms with Crippen LogP contribution in [0.2, 0.25) is 0 Å². The van der Waals surface area contributed by atoms with E-state index in [9.17, 15) is 9.59 Å². The second-order valence-electron chi connectivity index (χ2n) is 6.70. The van der Waals surface area contributed by atoms with E-state index in [0.717, 1.165) is 31.7 Å². The third-order valence-electron chi connectivity index (χ3n) is 4.70. The highest BCUT2D eigenvalue weighted by atomic mass is 16.2. The van der Waals surface area contributed by atoms with E-state index in [-0.39, 0.29) is 11.8 Å². The Morgan fingerprint density at radius 2 is 1.50 bits per heavy atom. The summed E-state index contributed by atoms with van der Waals surface area (Å²) >= 11 is 0. The summed E-state index contributed by atoms with van der Waals surface area (Å²) in [4.78, 5) is 28.4. The number of nitrogens with one attached hydrogen (secondary N) is 2. The topological polar surface area (TPSA) is 64.7 Å². The van der Waals surface area contributed by atoms with Crippen molar-refractivity contribution in [2.75, 3.05) is 37.6 Å². The molecule has 0 unspecified atom stereocenters. The van der Waals surface area contributed by atoms with Gasteiger partial charge in [0, 0.05) is 50.9 Å². The first-order valence-electron chi connectivity index (χ1n) is 9.55. The molecule has 0 aromatic heterocycles. The van der Waals surface area contributed by atoms with Gasteiger partial charge in [0.05, 0.1) is 0 Å². The van der Waals surface area contributed by atoms with Gasteiger partial charge >= 0.3 is 0 Å². The van der Waals surface area contributed by atoms with Crippen LogP contribution in [0.3, 0.4) is 0 Å². The first-order valence-corrected chi connectivity index (χ1v) is 9.55. The number of carbonyl (C=O) groups is 2. The maximum Gasteiger partial charge on any atom is 0.262 e. The van der Waals surface area contributed by atoms with Gasteiger partial charge in [-0.1, -0.05) is 48.5 Å². The molecule has 3 rings (SSSR count). The number of hydrogen-bond donors (Lipinski definition) is 2. The Morgan fingerprint density at radius 1 is 0.857 bits per heavy atom. The fourth-order valence-electron chi connectivity index (χ4n) is 3.10. The van der Waals surface area contributed by atoms with Crippen LogP contribution in [0.15, 0.2) is 66.7 Å². The zero-order valence-electron chi connectivity index (χ0n) is 15.9. The Hall–Kier alpha value is -3.12. The molecule has 28 heavy (non-hydrogen) atoms. The van der Waals surface area contributed by atoms with Gasteiger partial charge in [-0.2, -0.15) is 0 Å². The van der Waals surface area contributed by atoms with Crippen LogP contribution in [-0.2, 0) is 9.59 Å². The van der Waals surface area contributed by atoms with Crippen LogP contribution in [0, 0.1) is 0 Å². The maximum atomic E-state index is 12.0. The lowest BCUT2D eigenvalue weighted by atomic mass is 10.2. The van der Waals surface area contributed by atoms with Crippen LogP contribution in [0.4, 0.5) is 5.69 Å². The number of piperazine rings is 1. The molecule has 2 amide bonds. The fraction of sp³-hybridized carbons (Fsp3) is 0.273. The zero-order valence-corrected chi connectivity index (χ0v) is 15.9. The number of amides is 2. The predicted molar refractivity (Wildman–Crippen MR) is 111 cm³/mol. The van der Waals surface area contributed by atoms with Crippen molar-refractivity contribution in [3.63, 3.8) is 0 Å². The van der Waals surface area contributed by atoms with E-state index in [1.165, 1.54) is 11.8 Å². The molecule has 1 fully saturated rings. The molecule has 0 spiro atoms. The molecule has 0 atom stereocenters. The molecule has 1 heterocycles. The summed E-state index contributed by atoms with van der Waals surface area (Å²) in [5, 5.41) is 0. The quantitative estimate of drug-likeness (QED) is 0.597. The fourth-order valence-corrected chi connectivity index (χ4v) is 3.10. The normalized spacial score (nSPS) is 14.8. The molecule has 0 radical (unpaired) electrons. The lowest BCUT2D eigenvalue weighted by molar-refractivity contribution is -0.127. The van der Waals surface area contributed by atoms with E-state index >= 15 is 0 Å². The molecule has 6 heteroatoms. The van der Waals surface area contributed by atoms with Crippen molar-refractivity contribution in [2.24, 2.45) is 0 Å². The predicted octanol–water partition coefficient (Wildman–Crippen LogP) is 2.06. The minimum Gasteiger partial charge on any atom is -0.369 e. The van der Waals surface area contributed by atoms with Gasteiger partial charge in [0.1, 0.15) is 0 Å². The maximum absolute atomic E-state index is 12.0. The van der Waals surface area contributed by atoms with Crippen molar-refractivity contribution in [3.05, 3.63) is 72.3 Å². The molecule has 6 nitrogen and oxygen atoms in total. The average Bonchev–Trinajstić information content (AvgIpc) is 2.76. The summed E-state index contributed by atoms with van der Waals surface area (Å²) in [6, 6.07) is 19.9. The standard InChI is InChI=1S/C22H26N4O2/c27-21(12-11-19-7-3-1-4-8-19)23-24-22(28)13-14-25-15-17-26(18-16-25)20-9-5-2-6-10-20/h1-12H,13-18H2,(H,23,27)(H,24,28)/b12-11+. The third-order valence-corrected chi connectivity index (χ3v) is 4.70. The third kappa shape index (κ3) is 6.25. The van der Waals surface area contributed by atoms with Crippen LogP contribution in [0.25, 0.3) is 6.08 Å². The van der Waals surface area contributed by atoms with E-state index < -0.39 is 0 Å². The van der Waals surface area contributed by atoms with Crippen molar-refractivity contribution < 1.29 is 9.59 Å². The van der Waals surface area contributed by atoms with E-state index in [1.807, 2.05) is 36.4 Å². The lowest BCUT2D eigenvalue weighted by Gasteiger charge is -2.36. The largest absolute Gasteiger partial charge is 0.369 e.